The van der Waals surface area contributed by atoms with E-state index in [-0.39, 0.29) is 29.4 Å². The van der Waals surface area contributed by atoms with Crippen LogP contribution >= 0.6 is 11.5 Å². The van der Waals surface area contributed by atoms with E-state index in [2.05, 4.69) is 31.2 Å². The van der Waals surface area contributed by atoms with Gasteiger partial charge in [-0.1, -0.05) is 0 Å². The molecular formula is C24H23F3N6OS. The van der Waals surface area contributed by atoms with E-state index in [4.69, 9.17) is 0 Å². The fraction of sp³-hybridized carbons (Fsp3) is 0.417. The Morgan fingerprint density at radius 2 is 1.69 bits per heavy atom. The summed E-state index contributed by atoms with van der Waals surface area (Å²) in [4.78, 5) is 31.1. The fourth-order valence-corrected chi connectivity index (χ4v) is 5.61. The molecule has 1 saturated carbocycles. The van der Waals surface area contributed by atoms with Gasteiger partial charge in [-0.2, -0.15) is 13.2 Å². The molecule has 0 amide bonds. The number of halogens is 3. The van der Waals surface area contributed by atoms with Crippen molar-refractivity contribution in [3.63, 3.8) is 0 Å². The van der Waals surface area contributed by atoms with Crippen LogP contribution in [0.4, 0.5) is 13.2 Å². The Bertz CT molecular complexity index is 1440. The maximum atomic E-state index is 13.7. The van der Waals surface area contributed by atoms with Crippen molar-refractivity contribution in [3.8, 4) is 0 Å². The monoisotopic (exact) mass is 500 g/mol. The Morgan fingerprint density at radius 3 is 2.34 bits per heavy atom. The molecule has 0 bridgehead atoms. The van der Waals surface area contributed by atoms with Crippen LogP contribution in [-0.4, -0.2) is 28.9 Å². The van der Waals surface area contributed by atoms with Gasteiger partial charge in [0.2, 0.25) is 0 Å². The van der Waals surface area contributed by atoms with Gasteiger partial charge in [0.25, 0.3) is 5.56 Å². The van der Waals surface area contributed by atoms with E-state index in [0.717, 1.165) is 31.9 Å². The minimum absolute atomic E-state index is 0.00616. The third-order valence-electron chi connectivity index (χ3n) is 6.69. The second-order valence-corrected chi connectivity index (χ2v) is 9.95. The number of hydrogen-bond acceptors (Lipinski definition) is 7. The van der Waals surface area contributed by atoms with Gasteiger partial charge in [0.15, 0.2) is 11.3 Å². The highest BCUT2D eigenvalue weighted by Gasteiger charge is 2.36. The van der Waals surface area contributed by atoms with Gasteiger partial charge in [0.05, 0.1) is 17.9 Å². The van der Waals surface area contributed by atoms with E-state index in [1.807, 2.05) is 6.20 Å². The number of rotatable bonds is 4. The lowest BCUT2D eigenvalue weighted by atomic mass is 9.76. The molecule has 0 radical (unpaired) electrons. The van der Waals surface area contributed by atoms with Gasteiger partial charge in [-0.25, -0.2) is 14.3 Å². The summed E-state index contributed by atoms with van der Waals surface area (Å²) in [7, 11) is 0. The predicted molar refractivity (Wildman–Crippen MR) is 125 cm³/mol. The highest BCUT2D eigenvalue weighted by Crippen LogP contribution is 2.41. The zero-order chi connectivity index (χ0) is 24.7. The number of nitrogens with zero attached hydrogens (tertiary/aromatic N) is 6. The Morgan fingerprint density at radius 1 is 1.00 bits per heavy atom. The Kier molecular flexibility index (Phi) is 6.12. The molecule has 1 aliphatic carbocycles. The van der Waals surface area contributed by atoms with Crippen molar-refractivity contribution in [2.45, 2.75) is 64.1 Å². The normalized spacial score (nSPS) is 18.8. The lowest BCUT2D eigenvalue weighted by Gasteiger charge is -2.29. The molecule has 0 atom stereocenters. The molecule has 11 heteroatoms. The average molecular weight is 501 g/mol. The number of aryl methyl sites for hydroxylation is 2. The number of aromatic nitrogens is 6. The Hall–Kier alpha value is -3.21. The zero-order valence-electron chi connectivity index (χ0n) is 19.2. The van der Waals surface area contributed by atoms with Crippen LogP contribution in [0.15, 0.2) is 35.6 Å². The van der Waals surface area contributed by atoms with Crippen molar-refractivity contribution in [1.29, 1.82) is 0 Å². The number of pyridine rings is 1. The Balaban J connectivity index is 1.54. The van der Waals surface area contributed by atoms with Crippen LogP contribution in [0.3, 0.4) is 0 Å². The van der Waals surface area contributed by atoms with Crippen molar-refractivity contribution < 1.29 is 13.2 Å². The lowest BCUT2D eigenvalue weighted by molar-refractivity contribution is -0.142. The summed E-state index contributed by atoms with van der Waals surface area (Å²) in [6, 6.07) is 1.75. The standard InChI is InChI=1S/C24H23F3N6OS/c1-13-10-30-19-9-17(15-3-5-16(6-4-15)18-11-31-35-14(18)2)23(34)33(22(19)32-13)12-20-21(24(25,26)27)29-8-7-28-20/h7-11,15-16H,3-6,12H2,1-2H3/t15-,16-. The van der Waals surface area contributed by atoms with Crippen LogP contribution < -0.4 is 5.56 Å². The maximum Gasteiger partial charge on any atom is 0.435 e. The average Bonchev–Trinajstić information content (AvgIpc) is 3.26. The van der Waals surface area contributed by atoms with Crippen LogP contribution in [-0.2, 0) is 12.7 Å². The van der Waals surface area contributed by atoms with Gasteiger partial charge in [-0.15, -0.1) is 0 Å². The first-order valence-electron chi connectivity index (χ1n) is 11.4. The van der Waals surface area contributed by atoms with Crippen LogP contribution in [0.1, 0.15) is 70.6 Å². The van der Waals surface area contributed by atoms with Gasteiger partial charge in [-0.05, 0) is 74.5 Å². The Labute approximate surface area is 203 Å². The van der Waals surface area contributed by atoms with E-state index in [9.17, 15) is 18.0 Å². The molecule has 5 rings (SSSR count). The summed E-state index contributed by atoms with van der Waals surface area (Å²) in [5, 5.41) is 0. The summed E-state index contributed by atoms with van der Waals surface area (Å²) >= 11 is 1.50. The molecule has 4 heterocycles. The summed E-state index contributed by atoms with van der Waals surface area (Å²) < 4.78 is 46.2. The third-order valence-corrected chi connectivity index (χ3v) is 7.41. The van der Waals surface area contributed by atoms with Crippen molar-refractivity contribution in [1.82, 2.24) is 28.9 Å². The molecule has 0 saturated heterocycles. The highest BCUT2D eigenvalue weighted by atomic mass is 32.1. The number of alkyl halides is 3. The van der Waals surface area contributed by atoms with Crippen molar-refractivity contribution in [2.24, 2.45) is 0 Å². The summed E-state index contributed by atoms with van der Waals surface area (Å²) in [6.07, 6.45) is 4.48. The smallest absolute Gasteiger partial charge is 0.285 e. The second-order valence-electron chi connectivity index (χ2n) is 8.95. The predicted octanol–water partition coefficient (Wildman–Crippen LogP) is 5.16. The molecule has 4 aromatic rings. The molecule has 1 fully saturated rings. The highest BCUT2D eigenvalue weighted by molar-refractivity contribution is 7.05. The zero-order valence-corrected chi connectivity index (χ0v) is 20.0. The molecule has 1 aliphatic rings. The van der Waals surface area contributed by atoms with Gasteiger partial charge in [0, 0.05) is 35.2 Å². The SMILES string of the molecule is Cc1cnc2cc([C@H]3CC[C@H](c4cnsc4C)CC3)c(=O)n(Cc3nccnc3C(F)(F)F)c2n1. The molecule has 4 aromatic heterocycles. The van der Waals surface area contributed by atoms with E-state index in [0.29, 0.717) is 22.7 Å². The van der Waals surface area contributed by atoms with Crippen molar-refractivity contribution >= 4 is 22.7 Å². The van der Waals surface area contributed by atoms with Crippen molar-refractivity contribution in [3.05, 3.63) is 74.3 Å². The van der Waals surface area contributed by atoms with Crippen LogP contribution in [0.5, 0.6) is 0 Å². The van der Waals surface area contributed by atoms with E-state index >= 15 is 0 Å². The van der Waals surface area contributed by atoms with E-state index in [1.54, 1.807) is 19.2 Å². The molecule has 0 aliphatic heterocycles. The number of fused-ring (bicyclic) bond motifs is 1. The summed E-state index contributed by atoms with van der Waals surface area (Å²) in [5.74, 6) is 0.400. The molecule has 0 aromatic carbocycles. The summed E-state index contributed by atoms with van der Waals surface area (Å²) in [5.41, 5.74) is 1.33. The first-order chi connectivity index (χ1) is 16.7. The van der Waals surface area contributed by atoms with Gasteiger partial charge in [-0.3, -0.25) is 19.3 Å². The first kappa shape index (κ1) is 23.5. The van der Waals surface area contributed by atoms with Crippen LogP contribution in [0, 0.1) is 13.8 Å². The number of hydrogen-bond donors (Lipinski definition) is 0. The molecule has 0 N–H and O–H groups in total. The van der Waals surface area contributed by atoms with Gasteiger partial charge >= 0.3 is 6.18 Å². The third kappa shape index (κ3) is 4.56. The molecule has 182 valence electrons. The second kappa shape index (κ2) is 9.10. The topological polar surface area (TPSA) is 86.5 Å². The first-order valence-corrected chi connectivity index (χ1v) is 12.1. The van der Waals surface area contributed by atoms with Gasteiger partial charge < -0.3 is 0 Å². The maximum absolute atomic E-state index is 13.7. The van der Waals surface area contributed by atoms with Crippen LogP contribution in [0.25, 0.3) is 11.2 Å². The fourth-order valence-electron chi connectivity index (χ4n) is 4.96. The van der Waals surface area contributed by atoms with Crippen molar-refractivity contribution in [2.75, 3.05) is 0 Å². The molecule has 35 heavy (non-hydrogen) atoms. The quantitative estimate of drug-likeness (QED) is 0.385. The molecule has 0 spiro atoms. The lowest BCUT2D eigenvalue weighted by Crippen LogP contribution is -2.29. The minimum atomic E-state index is -4.69. The van der Waals surface area contributed by atoms with E-state index in [1.165, 1.54) is 32.7 Å². The van der Waals surface area contributed by atoms with E-state index < -0.39 is 11.9 Å². The largest absolute Gasteiger partial charge is 0.435 e. The molecular weight excluding hydrogens is 477 g/mol. The van der Waals surface area contributed by atoms with Gasteiger partial charge in [0.1, 0.15) is 5.52 Å². The molecule has 7 nitrogen and oxygen atoms in total. The molecule has 0 unspecified atom stereocenters. The minimum Gasteiger partial charge on any atom is -0.285 e. The van der Waals surface area contributed by atoms with Crippen LogP contribution in [0.2, 0.25) is 0 Å². The summed E-state index contributed by atoms with van der Waals surface area (Å²) in [6.45, 7) is 3.41.